The van der Waals surface area contributed by atoms with Crippen molar-refractivity contribution in [3.63, 3.8) is 0 Å². The second kappa shape index (κ2) is 6.99. The molecule has 0 spiro atoms. The Labute approximate surface area is 155 Å². The van der Waals surface area contributed by atoms with E-state index in [1.54, 1.807) is 0 Å². The van der Waals surface area contributed by atoms with Crippen LogP contribution in [0.4, 0.5) is 8.78 Å². The molecule has 4 rings (SSSR count). The molecule has 0 N–H and O–H groups in total. The minimum Gasteiger partial charge on any atom is -0.303 e. The van der Waals surface area contributed by atoms with Gasteiger partial charge in [-0.2, -0.15) is 4.31 Å². The zero-order valence-corrected chi connectivity index (χ0v) is 15.2. The first-order valence-corrected chi connectivity index (χ1v) is 9.97. The van der Waals surface area contributed by atoms with Gasteiger partial charge in [-0.3, -0.25) is 4.90 Å². The Kier molecular flexibility index (Phi) is 4.67. The number of aromatic nitrogens is 2. The molecule has 0 aliphatic carbocycles. The Hall–Kier alpha value is -2.36. The van der Waals surface area contributed by atoms with Gasteiger partial charge in [0.1, 0.15) is 17.3 Å². The normalized spacial score (nSPS) is 16.8. The molecule has 1 saturated heterocycles. The van der Waals surface area contributed by atoms with Gasteiger partial charge in [-0.25, -0.2) is 22.2 Å². The first kappa shape index (κ1) is 18.0. The summed E-state index contributed by atoms with van der Waals surface area (Å²) >= 11 is 0. The zero-order valence-electron chi connectivity index (χ0n) is 14.4. The molecule has 1 aliphatic rings. The molecule has 0 amide bonds. The van der Waals surface area contributed by atoms with E-state index in [4.69, 9.17) is 0 Å². The maximum absolute atomic E-state index is 13.4. The van der Waals surface area contributed by atoms with Crippen LogP contribution in [-0.4, -0.2) is 53.2 Å². The molecular weight excluding hydrogens is 374 g/mol. The fourth-order valence-electron chi connectivity index (χ4n) is 3.29. The number of nitrogens with zero attached hydrogens (tertiary/aromatic N) is 4. The number of piperazine rings is 1. The average Bonchev–Trinajstić information content (AvgIpc) is 3.04. The summed E-state index contributed by atoms with van der Waals surface area (Å²) in [6.07, 6.45) is 3.75. The van der Waals surface area contributed by atoms with Crippen LogP contribution in [-0.2, 0) is 16.6 Å². The van der Waals surface area contributed by atoms with Gasteiger partial charge in [0.15, 0.2) is 0 Å². The first-order valence-electron chi connectivity index (χ1n) is 8.53. The third kappa shape index (κ3) is 3.58. The van der Waals surface area contributed by atoms with Gasteiger partial charge in [0, 0.05) is 45.0 Å². The average molecular weight is 392 g/mol. The van der Waals surface area contributed by atoms with Crippen LogP contribution in [0.1, 0.15) is 5.69 Å². The largest absolute Gasteiger partial charge is 0.303 e. The predicted molar refractivity (Wildman–Crippen MR) is 95.6 cm³/mol. The van der Waals surface area contributed by atoms with Crippen molar-refractivity contribution < 1.29 is 17.2 Å². The van der Waals surface area contributed by atoms with Crippen LogP contribution < -0.4 is 0 Å². The maximum atomic E-state index is 13.4. The van der Waals surface area contributed by atoms with E-state index in [1.165, 1.54) is 4.31 Å². The lowest BCUT2D eigenvalue weighted by atomic mass is 10.3. The van der Waals surface area contributed by atoms with Crippen LogP contribution in [0.2, 0.25) is 0 Å². The van der Waals surface area contributed by atoms with Crippen molar-refractivity contribution in [2.24, 2.45) is 0 Å². The number of sulfonamides is 1. The molecule has 0 bridgehead atoms. The summed E-state index contributed by atoms with van der Waals surface area (Å²) in [4.78, 5) is 6.14. The number of rotatable bonds is 4. The molecule has 1 fully saturated rings. The van der Waals surface area contributed by atoms with Gasteiger partial charge in [-0.15, -0.1) is 0 Å². The van der Waals surface area contributed by atoms with Crippen molar-refractivity contribution >= 4 is 15.7 Å². The van der Waals surface area contributed by atoms with E-state index in [0.717, 1.165) is 23.5 Å². The number of pyridine rings is 1. The molecule has 3 heterocycles. The topological polar surface area (TPSA) is 57.9 Å². The van der Waals surface area contributed by atoms with Gasteiger partial charge in [-0.1, -0.05) is 6.07 Å². The molecule has 3 aromatic rings. The van der Waals surface area contributed by atoms with Crippen LogP contribution >= 0.6 is 0 Å². The quantitative estimate of drug-likeness (QED) is 0.683. The number of benzene rings is 1. The van der Waals surface area contributed by atoms with Gasteiger partial charge in [0.05, 0.1) is 16.8 Å². The number of imidazole rings is 1. The van der Waals surface area contributed by atoms with Gasteiger partial charge in [0.25, 0.3) is 0 Å². The van der Waals surface area contributed by atoms with Crippen molar-refractivity contribution in [2.45, 2.75) is 11.4 Å². The molecular formula is C18H18F2N4O2S. The van der Waals surface area contributed by atoms with E-state index in [1.807, 2.05) is 35.0 Å². The highest BCUT2D eigenvalue weighted by atomic mass is 32.2. The van der Waals surface area contributed by atoms with E-state index in [9.17, 15) is 17.2 Å². The minimum absolute atomic E-state index is 0.261. The molecule has 0 radical (unpaired) electrons. The monoisotopic (exact) mass is 392 g/mol. The van der Waals surface area contributed by atoms with Gasteiger partial charge < -0.3 is 4.40 Å². The van der Waals surface area contributed by atoms with Crippen LogP contribution in [0.5, 0.6) is 0 Å². The fraction of sp³-hybridized carbons (Fsp3) is 0.278. The van der Waals surface area contributed by atoms with Crippen LogP contribution in [0.25, 0.3) is 5.65 Å². The molecule has 1 aliphatic heterocycles. The molecule has 9 heteroatoms. The van der Waals surface area contributed by atoms with E-state index < -0.39 is 21.7 Å². The molecule has 6 nitrogen and oxygen atoms in total. The van der Waals surface area contributed by atoms with Crippen molar-refractivity contribution in [3.8, 4) is 0 Å². The summed E-state index contributed by atoms with van der Waals surface area (Å²) in [5.74, 6) is -1.81. The van der Waals surface area contributed by atoms with E-state index in [-0.39, 0.29) is 18.0 Å². The van der Waals surface area contributed by atoms with Crippen molar-refractivity contribution in [3.05, 3.63) is 66.1 Å². The van der Waals surface area contributed by atoms with Crippen molar-refractivity contribution in [2.75, 3.05) is 26.2 Å². The van der Waals surface area contributed by atoms with E-state index in [0.29, 0.717) is 25.7 Å². The summed E-state index contributed by atoms with van der Waals surface area (Å²) < 4.78 is 55.3. The van der Waals surface area contributed by atoms with Crippen molar-refractivity contribution in [1.82, 2.24) is 18.6 Å². The molecule has 0 unspecified atom stereocenters. The fourth-order valence-corrected chi connectivity index (χ4v) is 4.75. The zero-order chi connectivity index (χ0) is 19.0. The summed E-state index contributed by atoms with van der Waals surface area (Å²) in [6.45, 7) is 2.22. The Balaban J connectivity index is 1.45. The number of fused-ring (bicyclic) bond motifs is 1. The Bertz CT molecular complexity index is 1060. The summed E-state index contributed by atoms with van der Waals surface area (Å²) in [7, 11) is -3.92. The highest BCUT2D eigenvalue weighted by Gasteiger charge is 2.29. The SMILES string of the molecule is O=S(=O)(c1cc(F)cc(F)c1)N1CCN(Cc2cnc3ccccn23)CC1. The molecule has 27 heavy (non-hydrogen) atoms. The Morgan fingerprint density at radius 2 is 1.70 bits per heavy atom. The standard InChI is InChI=1S/C18H18F2N4O2S/c19-14-9-15(20)11-17(10-14)27(25,26)23-7-5-22(6-8-23)13-16-12-21-18-3-1-2-4-24(16)18/h1-4,9-12H,5-8,13H2. The smallest absolute Gasteiger partial charge is 0.243 e. The molecule has 0 atom stereocenters. The third-order valence-electron chi connectivity index (χ3n) is 4.68. The summed E-state index contributed by atoms with van der Waals surface area (Å²) in [5.41, 5.74) is 1.89. The highest BCUT2D eigenvalue weighted by molar-refractivity contribution is 7.89. The van der Waals surface area contributed by atoms with E-state index >= 15 is 0 Å². The van der Waals surface area contributed by atoms with Crippen molar-refractivity contribution in [1.29, 1.82) is 0 Å². The minimum atomic E-state index is -3.92. The Morgan fingerprint density at radius 1 is 1.00 bits per heavy atom. The van der Waals surface area contributed by atoms with Crippen LogP contribution in [0.15, 0.2) is 53.7 Å². The molecule has 2 aromatic heterocycles. The van der Waals surface area contributed by atoms with Crippen LogP contribution in [0, 0.1) is 11.6 Å². The molecule has 1 aromatic carbocycles. The maximum Gasteiger partial charge on any atom is 0.243 e. The summed E-state index contributed by atoms with van der Waals surface area (Å²) in [5, 5.41) is 0. The highest BCUT2D eigenvalue weighted by Crippen LogP contribution is 2.20. The Morgan fingerprint density at radius 3 is 2.41 bits per heavy atom. The number of hydrogen-bond acceptors (Lipinski definition) is 4. The first-order chi connectivity index (χ1) is 12.9. The lowest BCUT2D eigenvalue weighted by Crippen LogP contribution is -2.48. The van der Waals surface area contributed by atoms with E-state index in [2.05, 4.69) is 9.88 Å². The molecule has 142 valence electrons. The van der Waals surface area contributed by atoms with Gasteiger partial charge in [-0.05, 0) is 24.3 Å². The summed E-state index contributed by atoms with van der Waals surface area (Å²) in [6, 6.07) is 8.14. The number of halogens is 2. The lowest BCUT2D eigenvalue weighted by molar-refractivity contribution is 0.179. The third-order valence-corrected chi connectivity index (χ3v) is 6.56. The van der Waals surface area contributed by atoms with Crippen LogP contribution in [0.3, 0.4) is 0 Å². The second-order valence-electron chi connectivity index (χ2n) is 6.46. The van der Waals surface area contributed by atoms with Gasteiger partial charge in [0.2, 0.25) is 10.0 Å². The van der Waals surface area contributed by atoms with Gasteiger partial charge >= 0.3 is 0 Å². The second-order valence-corrected chi connectivity index (χ2v) is 8.40. The number of hydrogen-bond donors (Lipinski definition) is 0. The predicted octanol–water partition coefficient (Wildman–Crippen LogP) is 2.12. The lowest BCUT2D eigenvalue weighted by Gasteiger charge is -2.33. The molecule has 0 saturated carbocycles.